The minimum absolute atomic E-state index is 0.00128. The molecule has 0 aromatic heterocycles. The van der Waals surface area contributed by atoms with Crippen LogP contribution >= 0.6 is 0 Å². The smallest absolute Gasteiger partial charge is 0.422 e. The van der Waals surface area contributed by atoms with E-state index in [1.807, 2.05) is 51.1 Å². The number of carbonyl (C=O) groups excluding carboxylic acids is 1. The highest BCUT2D eigenvalue weighted by molar-refractivity contribution is 5.68. The summed E-state index contributed by atoms with van der Waals surface area (Å²) in [5, 5.41) is 13.2. The zero-order chi connectivity index (χ0) is 17.7. The number of carbonyl (C=O) groups is 2. The van der Waals surface area contributed by atoms with E-state index < -0.39 is 17.7 Å². The molecule has 1 aliphatic rings. The molecule has 1 saturated carbocycles. The van der Waals surface area contributed by atoms with E-state index in [1.165, 1.54) is 5.01 Å². The van der Waals surface area contributed by atoms with Crippen LogP contribution in [0, 0.1) is 0 Å². The third kappa shape index (κ3) is 5.13. The van der Waals surface area contributed by atoms with Crippen molar-refractivity contribution >= 4 is 12.2 Å². The first kappa shape index (κ1) is 18.1. The molecule has 1 aromatic rings. The summed E-state index contributed by atoms with van der Waals surface area (Å²) in [4.78, 5) is 23.0. The second-order valence-corrected chi connectivity index (χ2v) is 6.99. The van der Waals surface area contributed by atoms with Gasteiger partial charge in [0.2, 0.25) is 0 Å². The van der Waals surface area contributed by atoms with Crippen LogP contribution in [0.4, 0.5) is 9.59 Å². The van der Waals surface area contributed by atoms with Crippen molar-refractivity contribution in [3.05, 3.63) is 35.9 Å². The van der Waals surface area contributed by atoms with E-state index >= 15 is 0 Å². The van der Waals surface area contributed by atoms with Gasteiger partial charge >= 0.3 is 12.2 Å². The summed E-state index contributed by atoms with van der Waals surface area (Å²) >= 11 is 0. The summed E-state index contributed by atoms with van der Waals surface area (Å²) in [7, 11) is 0. The lowest BCUT2D eigenvalue weighted by Gasteiger charge is -2.42. The van der Waals surface area contributed by atoms with Gasteiger partial charge in [0, 0.05) is 12.1 Å². The normalized spacial score (nSPS) is 20.0. The number of hydrogen-bond acceptors (Lipinski definition) is 4. The van der Waals surface area contributed by atoms with Gasteiger partial charge in [-0.3, -0.25) is 0 Å². The fourth-order valence-electron chi connectivity index (χ4n) is 2.49. The summed E-state index contributed by atoms with van der Waals surface area (Å²) in [6, 6.07) is 9.50. The monoisotopic (exact) mass is 335 g/mol. The number of amides is 2. The molecule has 132 valence electrons. The molecule has 0 unspecified atom stereocenters. The van der Waals surface area contributed by atoms with Crippen LogP contribution in [0.25, 0.3) is 0 Å². The number of benzene rings is 1. The van der Waals surface area contributed by atoms with Gasteiger partial charge in [0.05, 0.1) is 5.54 Å². The molecule has 1 aromatic carbocycles. The third-order valence-corrected chi connectivity index (χ3v) is 3.85. The van der Waals surface area contributed by atoms with Gasteiger partial charge in [-0.15, -0.1) is 0 Å². The lowest BCUT2D eigenvalue weighted by Crippen LogP contribution is -2.62. The Morgan fingerprint density at radius 2 is 1.83 bits per heavy atom. The van der Waals surface area contributed by atoms with Crippen molar-refractivity contribution in [2.75, 3.05) is 0 Å². The van der Waals surface area contributed by atoms with Gasteiger partial charge in [0.1, 0.15) is 6.61 Å². The fourth-order valence-corrected chi connectivity index (χ4v) is 2.49. The van der Waals surface area contributed by atoms with E-state index in [-0.39, 0.29) is 18.7 Å². The van der Waals surface area contributed by atoms with Crippen molar-refractivity contribution in [3.63, 3.8) is 0 Å². The fraction of sp³-hybridized carbons (Fsp3) is 0.529. The van der Waals surface area contributed by atoms with Crippen LogP contribution in [0.3, 0.4) is 0 Å². The van der Waals surface area contributed by atoms with Gasteiger partial charge in [0.25, 0.3) is 0 Å². The maximum atomic E-state index is 11.8. The number of alkyl carbamates (subject to hydrolysis) is 1. The highest BCUT2D eigenvalue weighted by Gasteiger charge is 2.36. The van der Waals surface area contributed by atoms with Crippen LogP contribution in [0.5, 0.6) is 0 Å². The minimum Gasteiger partial charge on any atom is -0.464 e. The summed E-state index contributed by atoms with van der Waals surface area (Å²) in [6.07, 6.45) is -0.130. The molecular weight excluding hydrogens is 310 g/mol. The molecule has 0 radical (unpaired) electrons. The number of nitrogens with zero attached hydrogens (tertiary/aromatic N) is 1. The van der Waals surface area contributed by atoms with Gasteiger partial charge in [0.15, 0.2) is 0 Å². The molecule has 7 heteroatoms. The lowest BCUT2D eigenvalue weighted by molar-refractivity contribution is 0.0315. The molecule has 0 atom stereocenters. The number of hydrogen-bond donors (Lipinski definition) is 3. The highest BCUT2D eigenvalue weighted by Crippen LogP contribution is 2.22. The summed E-state index contributed by atoms with van der Waals surface area (Å²) < 4.78 is 5.17. The number of hydrazine groups is 1. The van der Waals surface area contributed by atoms with Crippen LogP contribution in [0.2, 0.25) is 0 Å². The Hall–Kier alpha value is -2.28. The van der Waals surface area contributed by atoms with Crippen molar-refractivity contribution in [1.29, 1.82) is 0 Å². The summed E-state index contributed by atoms with van der Waals surface area (Å²) in [5.74, 6) is 0. The molecule has 3 N–H and O–H groups in total. The molecule has 0 heterocycles. The first-order chi connectivity index (χ1) is 11.3. The first-order valence-electron chi connectivity index (χ1n) is 8.02. The predicted molar refractivity (Wildman–Crippen MR) is 89.3 cm³/mol. The van der Waals surface area contributed by atoms with Crippen LogP contribution < -0.4 is 10.7 Å². The van der Waals surface area contributed by atoms with Crippen molar-refractivity contribution in [3.8, 4) is 0 Å². The Balaban J connectivity index is 1.69. The van der Waals surface area contributed by atoms with Crippen LogP contribution in [0.15, 0.2) is 30.3 Å². The van der Waals surface area contributed by atoms with Crippen molar-refractivity contribution in [2.24, 2.45) is 0 Å². The number of ether oxygens (including phenoxy) is 1. The Kier molecular flexibility index (Phi) is 5.66. The molecule has 7 nitrogen and oxygen atoms in total. The zero-order valence-electron chi connectivity index (χ0n) is 14.3. The van der Waals surface area contributed by atoms with Crippen molar-refractivity contribution in [1.82, 2.24) is 15.8 Å². The summed E-state index contributed by atoms with van der Waals surface area (Å²) in [6.45, 7) is 5.70. The van der Waals surface area contributed by atoms with E-state index in [0.29, 0.717) is 12.8 Å². The van der Waals surface area contributed by atoms with Gasteiger partial charge in [-0.25, -0.2) is 20.0 Å². The van der Waals surface area contributed by atoms with Crippen LogP contribution in [-0.2, 0) is 11.3 Å². The largest absolute Gasteiger partial charge is 0.464 e. The summed E-state index contributed by atoms with van der Waals surface area (Å²) in [5.41, 5.74) is 3.40. The highest BCUT2D eigenvalue weighted by atomic mass is 16.5. The van der Waals surface area contributed by atoms with Crippen molar-refractivity contribution in [2.45, 2.75) is 57.8 Å². The third-order valence-electron chi connectivity index (χ3n) is 3.85. The van der Waals surface area contributed by atoms with E-state index in [4.69, 9.17) is 4.74 Å². The molecule has 2 amide bonds. The maximum Gasteiger partial charge on any atom is 0.422 e. The molecule has 0 bridgehead atoms. The molecule has 1 aliphatic carbocycles. The number of nitrogens with one attached hydrogen (secondary N) is 2. The molecular formula is C17H25N3O4. The molecule has 24 heavy (non-hydrogen) atoms. The average molecular weight is 335 g/mol. The second kappa shape index (κ2) is 7.53. The number of carboxylic acid groups (broad SMARTS) is 1. The SMILES string of the molecule is CC(C)(C)N(NC1CC(NC(=O)OCc2ccccc2)C1)C(=O)O. The number of rotatable bonds is 5. The van der Waals surface area contributed by atoms with Crippen LogP contribution in [-0.4, -0.2) is 39.9 Å². The van der Waals surface area contributed by atoms with E-state index in [1.54, 1.807) is 0 Å². The Labute approximate surface area is 142 Å². The van der Waals surface area contributed by atoms with Crippen LogP contribution in [0.1, 0.15) is 39.2 Å². The lowest BCUT2D eigenvalue weighted by atomic mass is 9.87. The van der Waals surface area contributed by atoms with Gasteiger partial charge < -0.3 is 15.2 Å². The van der Waals surface area contributed by atoms with Gasteiger partial charge in [-0.1, -0.05) is 30.3 Å². The zero-order valence-corrected chi connectivity index (χ0v) is 14.3. The Bertz CT molecular complexity index is 565. The predicted octanol–water partition coefficient (Wildman–Crippen LogP) is 2.73. The van der Waals surface area contributed by atoms with E-state index in [2.05, 4.69) is 10.7 Å². The maximum absolute atomic E-state index is 11.8. The Morgan fingerprint density at radius 1 is 1.21 bits per heavy atom. The molecule has 0 spiro atoms. The first-order valence-corrected chi connectivity index (χ1v) is 8.02. The second-order valence-electron chi connectivity index (χ2n) is 6.99. The van der Waals surface area contributed by atoms with E-state index in [9.17, 15) is 14.7 Å². The molecule has 0 aliphatic heterocycles. The molecule has 1 fully saturated rings. The topological polar surface area (TPSA) is 90.9 Å². The van der Waals surface area contributed by atoms with Gasteiger partial charge in [-0.2, -0.15) is 0 Å². The molecule has 2 rings (SSSR count). The quantitative estimate of drug-likeness (QED) is 0.720. The average Bonchev–Trinajstić information content (AvgIpc) is 2.46. The van der Waals surface area contributed by atoms with Crippen molar-refractivity contribution < 1.29 is 19.4 Å². The Morgan fingerprint density at radius 3 is 2.38 bits per heavy atom. The molecule has 0 saturated heterocycles. The standard InChI is InChI=1S/C17H25N3O4/c1-17(2,3)20(16(22)23)19-14-9-13(10-14)18-15(21)24-11-12-7-5-4-6-8-12/h4-8,13-14,19H,9-11H2,1-3H3,(H,18,21)(H,22,23). The van der Waals surface area contributed by atoms with Gasteiger partial charge in [-0.05, 0) is 39.2 Å². The van der Waals surface area contributed by atoms with E-state index in [0.717, 1.165) is 5.56 Å². The minimum atomic E-state index is -1.01.